The van der Waals surface area contributed by atoms with E-state index >= 15 is 0 Å². The molecule has 2 aliphatic carbocycles. The van der Waals surface area contributed by atoms with Crippen LogP contribution in [0, 0.1) is 35.0 Å². The van der Waals surface area contributed by atoms with Crippen molar-refractivity contribution >= 4 is 4.57 Å². The van der Waals surface area contributed by atoms with Crippen molar-refractivity contribution in [3.63, 3.8) is 0 Å². The zero-order valence-corrected chi connectivity index (χ0v) is 17.7. The van der Waals surface area contributed by atoms with Gasteiger partial charge in [0.05, 0.1) is 0 Å². The van der Waals surface area contributed by atoms with Crippen molar-refractivity contribution in [2.24, 2.45) is 35.0 Å². The van der Waals surface area contributed by atoms with Gasteiger partial charge in [-0.05, 0) is 0 Å². The first-order valence-corrected chi connectivity index (χ1v) is 10.5. The maximum atomic E-state index is 6.56. The third kappa shape index (κ3) is 4.72. The monoisotopic (exact) mass is 368 g/mol. The number of rotatable bonds is 6. The molecule has 1 nitrogen and oxygen atoms in total. The Morgan fingerprint density at radius 3 is 2.38 bits per heavy atom. The van der Waals surface area contributed by atoms with Crippen LogP contribution in [0.3, 0.4) is 0 Å². The van der Waals surface area contributed by atoms with Crippen LogP contribution in [0.5, 0.6) is 0 Å². The average molecular weight is 369 g/mol. The van der Waals surface area contributed by atoms with Crippen LogP contribution >= 0.6 is 0 Å². The van der Waals surface area contributed by atoms with E-state index in [9.17, 15) is 0 Å². The molecule has 1 unspecified atom stereocenters. The molecule has 0 radical (unpaired) electrons. The summed E-state index contributed by atoms with van der Waals surface area (Å²) < 4.78 is 7.60. The third-order valence-corrected chi connectivity index (χ3v) is 7.13. The van der Waals surface area contributed by atoms with Gasteiger partial charge in [-0.2, -0.15) is 0 Å². The van der Waals surface area contributed by atoms with Crippen LogP contribution in [0.15, 0.2) is 24.3 Å². The average Bonchev–Trinajstić information content (AvgIpc) is 2.54. The van der Waals surface area contributed by atoms with Crippen molar-refractivity contribution in [3.05, 3.63) is 24.3 Å². The summed E-state index contributed by atoms with van der Waals surface area (Å²) in [7, 11) is 0. The minimum atomic E-state index is -0.105. The standard InChI is InChI=1S/C22H36O.Cr/c1-7-18(5)19-10-12-22(6,13-11-19)15-23-21-14-17(4)8-9-20(21)16(2)3;/h10-13,16-21H,7-9,14H2,1-6H3;/t17-,18?,19?,20+,21-,22?;/m1./s1. The van der Waals surface area contributed by atoms with Gasteiger partial charge in [0, 0.05) is 0 Å². The second-order valence-electron chi connectivity index (χ2n) is 8.73. The van der Waals surface area contributed by atoms with Crippen molar-refractivity contribution in [3.8, 4) is 0 Å². The van der Waals surface area contributed by atoms with E-state index in [0.717, 1.165) is 10.5 Å². The maximum absolute atomic E-state index is 6.56. The molecule has 0 bridgehead atoms. The molecule has 0 aliphatic heterocycles. The normalized spacial score (nSPS) is 37.6. The molecule has 0 heterocycles. The van der Waals surface area contributed by atoms with E-state index in [-0.39, 0.29) is 5.41 Å². The van der Waals surface area contributed by atoms with Crippen LogP contribution in [0.25, 0.3) is 0 Å². The van der Waals surface area contributed by atoms with Gasteiger partial charge in [-0.1, -0.05) is 0 Å². The SMILES string of the molecule is CCC(C)C1C=CC(C)([C](=[Cr])O[C@@H]2C[C@H](C)CC[C@H]2C(C)C)C=C1. The molecule has 0 spiro atoms. The molecule has 1 fully saturated rings. The molecule has 2 rings (SSSR count). The number of hydrogen-bond donors (Lipinski definition) is 0. The molecule has 0 amide bonds. The Balaban J connectivity index is 2.04. The van der Waals surface area contributed by atoms with Crippen LogP contribution in [0.1, 0.15) is 67.2 Å². The van der Waals surface area contributed by atoms with Gasteiger partial charge >= 0.3 is 158 Å². The first-order chi connectivity index (χ1) is 11.3. The van der Waals surface area contributed by atoms with Crippen molar-refractivity contribution in [1.82, 2.24) is 0 Å². The van der Waals surface area contributed by atoms with Gasteiger partial charge in [-0.25, -0.2) is 0 Å². The fourth-order valence-electron chi connectivity index (χ4n) is 4.04. The predicted molar refractivity (Wildman–Crippen MR) is 101 cm³/mol. The van der Waals surface area contributed by atoms with Crippen molar-refractivity contribution < 1.29 is 20.6 Å². The zero-order chi connectivity index (χ0) is 17.9. The third-order valence-electron chi connectivity index (χ3n) is 6.29. The Morgan fingerprint density at radius 2 is 1.83 bits per heavy atom. The molecule has 0 N–H and O–H groups in total. The molecular weight excluding hydrogens is 332 g/mol. The van der Waals surface area contributed by atoms with Crippen LogP contribution in [-0.4, -0.2) is 10.7 Å². The predicted octanol–water partition coefficient (Wildman–Crippen LogP) is 5.94. The van der Waals surface area contributed by atoms with Gasteiger partial charge in [0.25, 0.3) is 0 Å². The second-order valence-corrected chi connectivity index (χ2v) is 9.31. The first-order valence-electron chi connectivity index (χ1n) is 9.86. The van der Waals surface area contributed by atoms with Gasteiger partial charge in [-0.15, -0.1) is 0 Å². The number of ether oxygens (including phenoxy) is 1. The molecule has 0 saturated heterocycles. The van der Waals surface area contributed by atoms with E-state index in [2.05, 4.69) is 81.7 Å². The Morgan fingerprint density at radius 1 is 1.21 bits per heavy atom. The second kappa shape index (κ2) is 8.48. The van der Waals surface area contributed by atoms with Crippen LogP contribution < -0.4 is 0 Å². The van der Waals surface area contributed by atoms with Gasteiger partial charge in [0.15, 0.2) is 0 Å². The molecule has 2 heteroatoms. The zero-order valence-electron chi connectivity index (χ0n) is 16.4. The molecular formula is C22H36CrO. The van der Waals surface area contributed by atoms with Crippen LogP contribution in [-0.2, 0) is 20.6 Å². The molecule has 24 heavy (non-hydrogen) atoms. The van der Waals surface area contributed by atoms with E-state index < -0.39 is 0 Å². The topological polar surface area (TPSA) is 9.23 Å². The van der Waals surface area contributed by atoms with Crippen molar-refractivity contribution in [2.45, 2.75) is 73.3 Å². The van der Waals surface area contributed by atoms with E-state index in [1.165, 1.54) is 25.7 Å². The Hall–Kier alpha value is -0.158. The molecule has 2 aliphatic rings. The van der Waals surface area contributed by atoms with Gasteiger partial charge < -0.3 is 0 Å². The van der Waals surface area contributed by atoms with Crippen LogP contribution in [0.2, 0.25) is 0 Å². The Kier molecular flexibility index (Phi) is 7.13. The van der Waals surface area contributed by atoms with E-state index in [1.54, 1.807) is 0 Å². The molecule has 0 aromatic rings. The van der Waals surface area contributed by atoms with E-state index in [1.807, 2.05) is 0 Å². The van der Waals surface area contributed by atoms with Gasteiger partial charge in [0.1, 0.15) is 0 Å². The number of hydrogen-bond acceptors (Lipinski definition) is 1. The molecule has 0 aromatic heterocycles. The van der Waals surface area contributed by atoms with Gasteiger partial charge in [0.2, 0.25) is 0 Å². The molecule has 4 atom stereocenters. The van der Waals surface area contributed by atoms with Crippen molar-refractivity contribution in [2.75, 3.05) is 0 Å². The minimum absolute atomic E-state index is 0.105. The summed E-state index contributed by atoms with van der Waals surface area (Å²) in [5.41, 5.74) is -0.105. The quantitative estimate of drug-likeness (QED) is 0.528. The summed E-state index contributed by atoms with van der Waals surface area (Å²) in [6.07, 6.45) is 14.8. The molecule has 0 aromatic carbocycles. The van der Waals surface area contributed by atoms with Crippen LogP contribution in [0.4, 0.5) is 0 Å². The summed E-state index contributed by atoms with van der Waals surface area (Å²) in [6, 6.07) is 0. The summed E-state index contributed by atoms with van der Waals surface area (Å²) >= 11 is 3.26. The summed E-state index contributed by atoms with van der Waals surface area (Å²) in [5, 5.41) is 0. The Bertz CT molecular complexity index is 476. The molecule has 136 valence electrons. The van der Waals surface area contributed by atoms with Crippen molar-refractivity contribution in [1.29, 1.82) is 0 Å². The van der Waals surface area contributed by atoms with E-state index in [0.29, 0.717) is 29.8 Å². The first kappa shape index (κ1) is 20.2. The molecule has 1 saturated carbocycles. The summed E-state index contributed by atoms with van der Waals surface area (Å²) in [6.45, 7) is 13.9. The van der Waals surface area contributed by atoms with Gasteiger partial charge in [-0.3, -0.25) is 0 Å². The van der Waals surface area contributed by atoms with E-state index in [4.69, 9.17) is 4.74 Å². The summed E-state index contributed by atoms with van der Waals surface area (Å²) in [5.74, 6) is 3.41. The summed E-state index contributed by atoms with van der Waals surface area (Å²) in [4.78, 5) is 0. The fraction of sp³-hybridized carbons (Fsp3) is 0.773. The Labute approximate surface area is 157 Å². The number of allylic oxidation sites excluding steroid dienone is 2. The fourth-order valence-corrected chi connectivity index (χ4v) is 4.45.